The van der Waals surface area contributed by atoms with Crippen molar-refractivity contribution in [2.75, 3.05) is 0 Å². The van der Waals surface area contributed by atoms with E-state index >= 15 is 8.78 Å². The predicted octanol–water partition coefficient (Wildman–Crippen LogP) is 7.81. The van der Waals surface area contributed by atoms with Crippen LogP contribution in [-0.4, -0.2) is 25.6 Å². The van der Waals surface area contributed by atoms with Crippen molar-refractivity contribution in [2.45, 2.75) is 51.7 Å². The number of nitrogens with zero attached hydrogens (tertiary/aromatic N) is 3. The van der Waals surface area contributed by atoms with Gasteiger partial charge in [-0.25, -0.2) is 27.9 Å². The van der Waals surface area contributed by atoms with Crippen molar-refractivity contribution in [3.05, 3.63) is 112 Å². The van der Waals surface area contributed by atoms with Gasteiger partial charge in [0.15, 0.2) is 0 Å². The molecular formula is C33H28F3N3O3. The molecule has 9 heteroatoms. The molecule has 0 spiro atoms. The van der Waals surface area contributed by atoms with E-state index in [0.717, 1.165) is 43.4 Å². The molecule has 1 saturated carbocycles. The third-order valence-corrected chi connectivity index (χ3v) is 7.77. The van der Waals surface area contributed by atoms with E-state index in [1.165, 1.54) is 12.1 Å². The molecule has 2 aromatic heterocycles. The van der Waals surface area contributed by atoms with Crippen LogP contribution in [0.5, 0.6) is 5.88 Å². The van der Waals surface area contributed by atoms with Gasteiger partial charge in [-0.1, -0.05) is 31.0 Å². The number of carboxylic acid groups (broad SMARTS) is 1. The second-order valence-corrected chi connectivity index (χ2v) is 10.7. The van der Waals surface area contributed by atoms with Gasteiger partial charge in [0.25, 0.3) is 0 Å². The van der Waals surface area contributed by atoms with E-state index in [0.29, 0.717) is 22.4 Å². The van der Waals surface area contributed by atoms with E-state index in [4.69, 9.17) is 9.72 Å². The Bertz CT molecular complexity index is 1810. The van der Waals surface area contributed by atoms with Crippen LogP contribution in [0.2, 0.25) is 0 Å². The number of imidazole rings is 1. The Hall–Kier alpha value is -4.66. The first kappa shape index (κ1) is 27.5. The summed E-state index contributed by atoms with van der Waals surface area (Å²) in [7, 11) is 0. The third kappa shape index (κ3) is 5.46. The number of fused-ring (bicyclic) bond motifs is 1. The summed E-state index contributed by atoms with van der Waals surface area (Å²) < 4.78 is 52.8. The number of carbonyl (C=O) groups is 1. The van der Waals surface area contributed by atoms with Crippen LogP contribution in [0.1, 0.15) is 64.6 Å². The molecule has 6 rings (SSSR count). The van der Waals surface area contributed by atoms with Crippen LogP contribution in [0.25, 0.3) is 22.3 Å². The number of benzene rings is 3. The maximum absolute atomic E-state index is 15.5. The smallest absolute Gasteiger partial charge is 0.335 e. The number of halogens is 3. The average Bonchev–Trinajstić information content (AvgIpc) is 3.61. The molecule has 42 heavy (non-hydrogen) atoms. The molecule has 0 bridgehead atoms. The van der Waals surface area contributed by atoms with E-state index in [9.17, 15) is 14.3 Å². The van der Waals surface area contributed by atoms with Gasteiger partial charge >= 0.3 is 5.97 Å². The van der Waals surface area contributed by atoms with Crippen molar-refractivity contribution >= 4 is 17.0 Å². The lowest BCUT2D eigenvalue weighted by Crippen LogP contribution is -2.11. The zero-order valence-electron chi connectivity index (χ0n) is 22.9. The molecule has 5 aromatic rings. The minimum Gasteiger partial charge on any atom is -0.478 e. The van der Waals surface area contributed by atoms with Gasteiger partial charge < -0.3 is 14.4 Å². The molecule has 0 atom stereocenters. The predicted molar refractivity (Wildman–Crippen MR) is 152 cm³/mol. The molecule has 0 aliphatic heterocycles. The van der Waals surface area contributed by atoms with Crippen LogP contribution in [0, 0.1) is 24.4 Å². The lowest BCUT2D eigenvalue weighted by molar-refractivity contribution is 0.0697. The molecule has 6 nitrogen and oxygen atoms in total. The first-order chi connectivity index (χ1) is 20.3. The van der Waals surface area contributed by atoms with Crippen molar-refractivity contribution in [2.24, 2.45) is 0 Å². The van der Waals surface area contributed by atoms with E-state index in [2.05, 4.69) is 4.98 Å². The van der Waals surface area contributed by atoms with Crippen molar-refractivity contribution in [1.82, 2.24) is 14.5 Å². The Morgan fingerprint density at radius 3 is 2.48 bits per heavy atom. The number of pyridine rings is 1. The number of rotatable bonds is 8. The molecular weight excluding hydrogens is 543 g/mol. The lowest BCUT2D eigenvalue weighted by atomic mass is 10.0. The van der Waals surface area contributed by atoms with Gasteiger partial charge in [-0.15, -0.1) is 0 Å². The molecule has 1 fully saturated rings. The lowest BCUT2D eigenvalue weighted by Gasteiger charge is -2.17. The second-order valence-electron chi connectivity index (χ2n) is 10.7. The standard InChI is InChI=1S/C33H28F3N3O3/c1-19-9-10-21(25(34)13-19)18-42-32-8-4-7-28(38-32)24-17-26(35)22(14-27(24)36)16-31-37-29-12-11-20(33(40)41)15-30(29)39(31)23-5-2-3-6-23/h4,7-15,17,23H,2-3,5-6,16,18H2,1H3,(H,40,41). The highest BCUT2D eigenvalue weighted by atomic mass is 19.1. The monoisotopic (exact) mass is 571 g/mol. The molecule has 0 amide bonds. The number of aryl methyl sites for hydroxylation is 1. The average molecular weight is 572 g/mol. The zero-order valence-corrected chi connectivity index (χ0v) is 22.9. The van der Waals surface area contributed by atoms with E-state index in [1.54, 1.807) is 49.4 Å². The number of hydrogen-bond donors (Lipinski definition) is 1. The number of hydrogen-bond acceptors (Lipinski definition) is 4. The van der Waals surface area contributed by atoms with Crippen LogP contribution in [0.15, 0.2) is 66.7 Å². The first-order valence-electron chi connectivity index (χ1n) is 13.8. The molecule has 1 N–H and O–H groups in total. The topological polar surface area (TPSA) is 77.2 Å². The minimum atomic E-state index is -1.04. The SMILES string of the molecule is Cc1ccc(COc2cccc(-c3cc(F)c(Cc4nc5ccc(C(=O)O)cc5n4C4CCCC4)cc3F)n2)c(F)c1. The molecule has 214 valence electrons. The molecule has 0 radical (unpaired) electrons. The summed E-state index contributed by atoms with van der Waals surface area (Å²) in [5, 5.41) is 9.50. The molecule has 1 aliphatic carbocycles. The fourth-order valence-corrected chi connectivity index (χ4v) is 5.63. The van der Waals surface area contributed by atoms with E-state index < -0.39 is 23.4 Å². The van der Waals surface area contributed by atoms with Crippen molar-refractivity contribution in [3.63, 3.8) is 0 Å². The van der Waals surface area contributed by atoms with Crippen LogP contribution in [0.3, 0.4) is 0 Å². The van der Waals surface area contributed by atoms with Crippen molar-refractivity contribution in [1.29, 1.82) is 0 Å². The highest BCUT2D eigenvalue weighted by Crippen LogP contribution is 2.35. The Labute approximate surface area is 240 Å². The van der Waals surface area contributed by atoms with Gasteiger partial charge in [-0.3, -0.25) is 0 Å². The number of aromatic nitrogens is 3. The number of aromatic carboxylic acids is 1. The van der Waals surface area contributed by atoms with Gasteiger partial charge in [0.1, 0.15) is 29.9 Å². The van der Waals surface area contributed by atoms with Crippen molar-refractivity contribution < 1.29 is 27.8 Å². The summed E-state index contributed by atoms with van der Waals surface area (Å²) in [4.78, 5) is 20.6. The Balaban J connectivity index is 1.29. The second kappa shape index (κ2) is 11.3. The van der Waals surface area contributed by atoms with Gasteiger partial charge in [0, 0.05) is 29.7 Å². The van der Waals surface area contributed by atoms with E-state index in [-0.39, 0.29) is 47.3 Å². The Morgan fingerprint density at radius 1 is 0.929 bits per heavy atom. The summed E-state index contributed by atoms with van der Waals surface area (Å²) >= 11 is 0. The summed E-state index contributed by atoms with van der Waals surface area (Å²) in [6.07, 6.45) is 3.93. The highest BCUT2D eigenvalue weighted by Gasteiger charge is 2.25. The Morgan fingerprint density at radius 2 is 1.71 bits per heavy atom. The van der Waals surface area contributed by atoms with Gasteiger partial charge in [-0.2, -0.15) is 0 Å². The molecule has 0 unspecified atom stereocenters. The van der Waals surface area contributed by atoms with Crippen molar-refractivity contribution in [3.8, 4) is 17.1 Å². The maximum Gasteiger partial charge on any atom is 0.335 e. The molecule has 1 aliphatic rings. The van der Waals surface area contributed by atoms with Crippen LogP contribution in [-0.2, 0) is 13.0 Å². The summed E-state index contributed by atoms with van der Waals surface area (Å²) in [6, 6.07) is 16.7. The summed E-state index contributed by atoms with van der Waals surface area (Å²) in [6.45, 7) is 1.73. The number of carboxylic acids is 1. The molecule has 0 saturated heterocycles. The zero-order chi connectivity index (χ0) is 29.4. The molecule has 3 aromatic carbocycles. The van der Waals surface area contributed by atoms with Crippen LogP contribution >= 0.6 is 0 Å². The first-order valence-corrected chi connectivity index (χ1v) is 13.8. The van der Waals surface area contributed by atoms with E-state index in [1.807, 2.05) is 4.57 Å². The van der Waals surface area contributed by atoms with Gasteiger partial charge in [0.2, 0.25) is 5.88 Å². The van der Waals surface area contributed by atoms with Gasteiger partial charge in [-0.05, 0) is 73.4 Å². The highest BCUT2D eigenvalue weighted by molar-refractivity contribution is 5.92. The summed E-state index contributed by atoms with van der Waals surface area (Å²) in [5.41, 5.74) is 2.88. The normalized spacial score (nSPS) is 13.6. The van der Waals surface area contributed by atoms with Gasteiger partial charge in [0.05, 0.1) is 22.3 Å². The quantitative estimate of drug-likeness (QED) is 0.206. The van der Waals surface area contributed by atoms with Crippen LogP contribution < -0.4 is 4.74 Å². The largest absolute Gasteiger partial charge is 0.478 e. The fourth-order valence-electron chi connectivity index (χ4n) is 5.63. The third-order valence-electron chi connectivity index (χ3n) is 7.77. The Kier molecular flexibility index (Phi) is 7.41. The minimum absolute atomic E-state index is 0.0291. The summed E-state index contributed by atoms with van der Waals surface area (Å²) in [5.74, 6) is -1.98. The number of ether oxygens (including phenoxy) is 1. The maximum atomic E-state index is 15.5. The van der Waals surface area contributed by atoms with Crippen LogP contribution in [0.4, 0.5) is 13.2 Å². The fraction of sp³-hybridized carbons (Fsp3) is 0.242. The molecule has 2 heterocycles.